The highest BCUT2D eigenvalue weighted by molar-refractivity contribution is 5.68. The van der Waals surface area contributed by atoms with E-state index in [2.05, 4.69) is 5.32 Å². The highest BCUT2D eigenvalue weighted by Crippen LogP contribution is 2.35. The second-order valence-corrected chi connectivity index (χ2v) is 4.21. The minimum absolute atomic E-state index is 0.0578. The average Bonchev–Trinajstić information content (AvgIpc) is 2.82. The smallest absolute Gasteiger partial charge is 0.333 e. The molecule has 0 saturated carbocycles. The van der Waals surface area contributed by atoms with Gasteiger partial charge in [0.2, 0.25) is 0 Å². The van der Waals surface area contributed by atoms with E-state index >= 15 is 0 Å². The Balaban J connectivity index is 2.22. The van der Waals surface area contributed by atoms with Gasteiger partial charge in [0.25, 0.3) is 0 Å². The number of hydrogen-bond acceptors (Lipinski definition) is 5. The standard InChI is InChI=1S/C14H16N2O4/c1-3-19-13-6-4-5-12(14(13)16(17)18)15-9-11-8-7-10(2)20-11/h4-8,15H,3,9H2,1-2H3. The molecule has 6 heteroatoms. The van der Waals surface area contributed by atoms with Gasteiger partial charge in [-0.15, -0.1) is 0 Å². The Morgan fingerprint density at radius 2 is 2.15 bits per heavy atom. The summed E-state index contributed by atoms with van der Waals surface area (Å²) in [6, 6.07) is 8.64. The number of nitro groups is 1. The quantitative estimate of drug-likeness (QED) is 0.645. The van der Waals surface area contributed by atoms with Crippen molar-refractivity contribution in [2.45, 2.75) is 20.4 Å². The monoisotopic (exact) mass is 276 g/mol. The maximum Gasteiger partial charge on any atom is 0.333 e. The Bertz CT molecular complexity index is 607. The van der Waals surface area contributed by atoms with Gasteiger partial charge in [-0.05, 0) is 38.1 Å². The summed E-state index contributed by atoms with van der Waals surface area (Å²) in [5.74, 6) is 1.79. The van der Waals surface area contributed by atoms with Crippen molar-refractivity contribution in [3.8, 4) is 5.75 Å². The van der Waals surface area contributed by atoms with E-state index in [-0.39, 0.29) is 11.4 Å². The molecule has 1 aromatic carbocycles. The van der Waals surface area contributed by atoms with Crippen molar-refractivity contribution >= 4 is 11.4 Å². The summed E-state index contributed by atoms with van der Waals surface area (Å²) < 4.78 is 10.7. The molecule has 0 bridgehead atoms. The summed E-state index contributed by atoms with van der Waals surface area (Å²) in [4.78, 5) is 10.8. The Hall–Kier alpha value is -2.50. The van der Waals surface area contributed by atoms with Gasteiger partial charge in [-0.3, -0.25) is 10.1 Å². The van der Waals surface area contributed by atoms with E-state index in [1.807, 2.05) is 19.1 Å². The van der Waals surface area contributed by atoms with Crippen LogP contribution in [0.4, 0.5) is 11.4 Å². The van der Waals surface area contributed by atoms with E-state index in [4.69, 9.17) is 9.15 Å². The van der Waals surface area contributed by atoms with Crippen molar-refractivity contribution in [3.63, 3.8) is 0 Å². The summed E-state index contributed by atoms with van der Waals surface area (Å²) >= 11 is 0. The van der Waals surface area contributed by atoms with E-state index in [0.717, 1.165) is 11.5 Å². The molecule has 106 valence electrons. The van der Waals surface area contributed by atoms with Crippen LogP contribution in [-0.2, 0) is 6.54 Å². The van der Waals surface area contributed by atoms with Gasteiger partial charge in [0.1, 0.15) is 17.2 Å². The summed E-state index contributed by atoms with van der Waals surface area (Å²) in [6.45, 7) is 4.39. The molecule has 0 radical (unpaired) electrons. The molecule has 2 rings (SSSR count). The first kappa shape index (κ1) is 13.9. The number of ether oxygens (including phenoxy) is 1. The summed E-state index contributed by atoms with van der Waals surface area (Å²) in [6.07, 6.45) is 0. The maximum atomic E-state index is 11.2. The number of furan rings is 1. The third-order valence-electron chi connectivity index (χ3n) is 2.73. The van der Waals surface area contributed by atoms with E-state index in [1.54, 1.807) is 25.1 Å². The van der Waals surface area contributed by atoms with Gasteiger partial charge < -0.3 is 14.5 Å². The van der Waals surface area contributed by atoms with Gasteiger partial charge >= 0.3 is 5.69 Å². The van der Waals surface area contributed by atoms with Crippen molar-refractivity contribution < 1.29 is 14.1 Å². The largest absolute Gasteiger partial charge is 0.487 e. The van der Waals surface area contributed by atoms with Crippen LogP contribution in [0.3, 0.4) is 0 Å². The molecule has 0 amide bonds. The van der Waals surface area contributed by atoms with Crippen molar-refractivity contribution in [2.75, 3.05) is 11.9 Å². The van der Waals surface area contributed by atoms with Crippen LogP contribution >= 0.6 is 0 Å². The molecule has 0 spiro atoms. The Morgan fingerprint density at radius 1 is 1.35 bits per heavy atom. The predicted octanol–water partition coefficient (Wildman–Crippen LogP) is 3.51. The third kappa shape index (κ3) is 3.09. The highest BCUT2D eigenvalue weighted by atomic mass is 16.6. The van der Waals surface area contributed by atoms with E-state index < -0.39 is 4.92 Å². The lowest BCUT2D eigenvalue weighted by Gasteiger charge is -2.09. The zero-order valence-electron chi connectivity index (χ0n) is 11.4. The Labute approximate surface area is 116 Å². The lowest BCUT2D eigenvalue weighted by atomic mass is 10.2. The van der Waals surface area contributed by atoms with Crippen molar-refractivity contribution in [3.05, 3.63) is 52.0 Å². The molecule has 0 atom stereocenters. The number of hydrogen-bond donors (Lipinski definition) is 1. The summed E-state index contributed by atoms with van der Waals surface area (Å²) in [5, 5.41) is 14.2. The first-order chi connectivity index (χ1) is 9.61. The molecule has 6 nitrogen and oxygen atoms in total. The van der Waals surface area contributed by atoms with Crippen LogP contribution in [0.5, 0.6) is 5.75 Å². The van der Waals surface area contributed by atoms with Gasteiger partial charge in [-0.1, -0.05) is 6.07 Å². The normalized spacial score (nSPS) is 10.3. The Kier molecular flexibility index (Phi) is 4.24. The molecule has 0 unspecified atom stereocenters. The van der Waals surface area contributed by atoms with Gasteiger partial charge in [-0.2, -0.15) is 0 Å². The highest BCUT2D eigenvalue weighted by Gasteiger charge is 2.20. The lowest BCUT2D eigenvalue weighted by Crippen LogP contribution is -2.04. The zero-order valence-corrected chi connectivity index (χ0v) is 11.4. The molecule has 0 fully saturated rings. The molecule has 1 heterocycles. The van der Waals surface area contributed by atoms with Gasteiger partial charge in [-0.25, -0.2) is 0 Å². The van der Waals surface area contributed by atoms with Gasteiger partial charge in [0.15, 0.2) is 5.75 Å². The minimum atomic E-state index is -0.444. The molecule has 20 heavy (non-hydrogen) atoms. The Morgan fingerprint density at radius 3 is 2.75 bits per heavy atom. The molecule has 1 aromatic heterocycles. The van der Waals surface area contributed by atoms with Crippen LogP contribution in [-0.4, -0.2) is 11.5 Å². The first-order valence-electron chi connectivity index (χ1n) is 6.31. The number of benzene rings is 1. The van der Waals surface area contributed by atoms with Crippen molar-refractivity contribution in [1.82, 2.24) is 0 Å². The fourth-order valence-corrected chi connectivity index (χ4v) is 1.89. The predicted molar refractivity (Wildman–Crippen MR) is 75.0 cm³/mol. The summed E-state index contributed by atoms with van der Waals surface area (Å²) in [7, 11) is 0. The van der Waals surface area contributed by atoms with Crippen LogP contribution in [0.25, 0.3) is 0 Å². The van der Waals surface area contributed by atoms with Crippen molar-refractivity contribution in [1.29, 1.82) is 0 Å². The SMILES string of the molecule is CCOc1cccc(NCc2ccc(C)o2)c1[N+](=O)[O-]. The molecular weight excluding hydrogens is 260 g/mol. The number of rotatable bonds is 6. The average molecular weight is 276 g/mol. The molecule has 1 N–H and O–H groups in total. The molecule has 2 aromatic rings. The van der Waals surface area contributed by atoms with Crippen molar-refractivity contribution in [2.24, 2.45) is 0 Å². The van der Waals surface area contributed by atoms with Crippen LogP contribution in [0.1, 0.15) is 18.4 Å². The van der Waals surface area contributed by atoms with Crippen LogP contribution in [0.2, 0.25) is 0 Å². The van der Waals surface area contributed by atoms with Crippen LogP contribution in [0, 0.1) is 17.0 Å². The topological polar surface area (TPSA) is 77.5 Å². The van der Waals surface area contributed by atoms with Crippen LogP contribution < -0.4 is 10.1 Å². The number of anilines is 1. The molecular formula is C14H16N2O4. The molecule has 0 saturated heterocycles. The minimum Gasteiger partial charge on any atom is -0.487 e. The van der Waals surface area contributed by atoms with E-state index in [9.17, 15) is 10.1 Å². The van der Waals surface area contributed by atoms with Gasteiger partial charge in [0, 0.05) is 0 Å². The fraction of sp³-hybridized carbons (Fsp3) is 0.286. The fourth-order valence-electron chi connectivity index (χ4n) is 1.89. The zero-order chi connectivity index (χ0) is 14.5. The first-order valence-corrected chi connectivity index (χ1v) is 6.31. The number of nitro benzene ring substituents is 1. The van der Waals surface area contributed by atoms with E-state index in [0.29, 0.717) is 18.8 Å². The lowest BCUT2D eigenvalue weighted by molar-refractivity contribution is -0.384. The summed E-state index contributed by atoms with van der Waals surface area (Å²) in [5.41, 5.74) is 0.354. The number of para-hydroxylation sites is 1. The second kappa shape index (κ2) is 6.10. The van der Waals surface area contributed by atoms with E-state index in [1.165, 1.54) is 0 Å². The third-order valence-corrected chi connectivity index (χ3v) is 2.73. The van der Waals surface area contributed by atoms with Crippen LogP contribution in [0.15, 0.2) is 34.7 Å². The molecule has 0 aliphatic rings. The molecule has 0 aliphatic heterocycles. The number of aryl methyl sites for hydroxylation is 1. The number of nitrogens with zero attached hydrogens (tertiary/aromatic N) is 1. The second-order valence-electron chi connectivity index (χ2n) is 4.21. The maximum absolute atomic E-state index is 11.2. The number of nitrogens with one attached hydrogen (secondary N) is 1. The van der Waals surface area contributed by atoms with Gasteiger partial charge in [0.05, 0.1) is 18.1 Å². The molecule has 0 aliphatic carbocycles.